The number of amides is 4. The summed E-state index contributed by atoms with van der Waals surface area (Å²) in [6.07, 6.45) is 16.0. The van der Waals surface area contributed by atoms with Gasteiger partial charge >= 0.3 is 17.9 Å². The van der Waals surface area contributed by atoms with Gasteiger partial charge in [0.2, 0.25) is 24.4 Å². The van der Waals surface area contributed by atoms with E-state index in [-0.39, 0.29) is 84.5 Å². The summed E-state index contributed by atoms with van der Waals surface area (Å²) >= 11 is 0. The molecule has 0 spiro atoms. The number of nitrogens with two attached hydrogens (primary N) is 1. The van der Waals surface area contributed by atoms with Gasteiger partial charge < -0.3 is 105 Å². The molecule has 0 saturated carbocycles. The van der Waals surface area contributed by atoms with Crippen LogP contribution in [0.15, 0.2) is 146 Å². The summed E-state index contributed by atoms with van der Waals surface area (Å²) in [4.78, 5) is 134. The summed E-state index contributed by atoms with van der Waals surface area (Å²) in [5, 5.41) is 82.9. The van der Waals surface area contributed by atoms with Crippen molar-refractivity contribution in [1.82, 2.24) is 9.80 Å². The van der Waals surface area contributed by atoms with Crippen molar-refractivity contribution in [3.63, 3.8) is 0 Å². The molecule has 4 fully saturated rings. The Bertz CT molecular complexity index is 4620. The Morgan fingerprint density at radius 3 is 1.41 bits per heavy atom. The molecular formula is C93H121N7O25. The molecule has 6 aromatic rings. The molecule has 125 heavy (non-hydrogen) atoms. The van der Waals surface area contributed by atoms with Gasteiger partial charge in [-0.2, -0.15) is 0 Å². The Morgan fingerprint density at radius 1 is 0.552 bits per heavy atom. The van der Waals surface area contributed by atoms with Crippen LogP contribution in [-0.4, -0.2) is 195 Å². The van der Waals surface area contributed by atoms with Gasteiger partial charge in [0.25, 0.3) is 11.8 Å². The van der Waals surface area contributed by atoms with Crippen LogP contribution in [0.1, 0.15) is 201 Å². The van der Waals surface area contributed by atoms with Crippen LogP contribution < -0.4 is 45.2 Å². The number of nitrogens with zero attached hydrogens (tertiary/aromatic N) is 4. The number of piperidine rings is 2. The summed E-state index contributed by atoms with van der Waals surface area (Å²) in [6, 6.07) is 30.9. The monoisotopic (exact) mass is 1740 g/mol. The van der Waals surface area contributed by atoms with Crippen molar-refractivity contribution in [3.05, 3.63) is 180 Å². The zero-order valence-corrected chi connectivity index (χ0v) is 71.2. The molecule has 10 atom stereocenters. The highest BCUT2D eigenvalue weighted by Gasteiger charge is 2.50. The summed E-state index contributed by atoms with van der Waals surface area (Å²) in [6.45, 7) is 12.7. The van der Waals surface area contributed by atoms with Crippen LogP contribution in [0.3, 0.4) is 0 Å². The number of pyridine rings is 2. The fraction of sp³-hybridized carbons (Fsp3) is 0.473. The largest absolute Gasteiger partial charge is 0.550 e. The van der Waals surface area contributed by atoms with Gasteiger partial charge in [-0.1, -0.05) is 78.9 Å². The lowest BCUT2D eigenvalue weighted by molar-refractivity contribution is -0.688. The molecule has 4 saturated heterocycles. The van der Waals surface area contributed by atoms with Crippen LogP contribution in [0.25, 0.3) is 12.2 Å². The van der Waals surface area contributed by atoms with E-state index in [0.717, 1.165) is 126 Å². The maximum absolute atomic E-state index is 12.8. The molecule has 32 nitrogen and oxygen atoms in total. The highest BCUT2D eigenvalue weighted by molar-refractivity contribution is 5.97. The Morgan fingerprint density at radius 2 is 0.992 bits per heavy atom. The number of aliphatic hydroxyl groups excluding tert-OH is 3. The number of allylic oxidation sites excluding steroid dienone is 2. The van der Waals surface area contributed by atoms with Crippen molar-refractivity contribution in [2.24, 2.45) is 29.4 Å². The van der Waals surface area contributed by atoms with E-state index >= 15 is 0 Å². The zero-order valence-electron chi connectivity index (χ0n) is 71.2. The van der Waals surface area contributed by atoms with Crippen LogP contribution in [-0.2, 0) is 75.2 Å². The van der Waals surface area contributed by atoms with E-state index in [2.05, 4.69) is 10.6 Å². The Kier molecular flexibility index (Phi) is 42.5. The van der Waals surface area contributed by atoms with E-state index in [9.17, 15) is 73.8 Å². The number of anilines is 2. The van der Waals surface area contributed by atoms with Crippen molar-refractivity contribution >= 4 is 88.6 Å². The van der Waals surface area contributed by atoms with Gasteiger partial charge in [0.15, 0.2) is 61.7 Å². The Labute approximate surface area is 728 Å². The highest BCUT2D eigenvalue weighted by Crippen LogP contribution is 2.38. The number of hydrogen-bond acceptors (Lipinski definition) is 25. The second-order valence-corrected chi connectivity index (χ2v) is 31.2. The van der Waals surface area contributed by atoms with Crippen LogP contribution in [0.5, 0.6) is 23.0 Å². The van der Waals surface area contributed by atoms with Crippen molar-refractivity contribution in [2.75, 3.05) is 50.5 Å². The number of aliphatic hydroxyl groups is 3. The molecule has 678 valence electrons. The maximum atomic E-state index is 12.8. The van der Waals surface area contributed by atoms with E-state index in [1.54, 1.807) is 72.8 Å². The van der Waals surface area contributed by atoms with Crippen LogP contribution in [0.4, 0.5) is 11.4 Å². The predicted octanol–water partition coefficient (Wildman–Crippen LogP) is 7.55. The molecule has 4 aromatic carbocycles. The average molecular weight is 1740 g/mol. The van der Waals surface area contributed by atoms with Gasteiger partial charge in [-0.05, 0) is 180 Å². The number of carbonyl (C=O) groups excluding carboxylic acids is 10. The van der Waals surface area contributed by atoms with Crippen molar-refractivity contribution in [3.8, 4) is 23.0 Å². The molecular weight excluding hydrogens is 1620 g/mol. The average Bonchev–Trinajstić information content (AvgIpc) is 0.784. The van der Waals surface area contributed by atoms with Crippen LogP contribution >= 0.6 is 0 Å². The van der Waals surface area contributed by atoms with E-state index in [1.807, 2.05) is 107 Å². The minimum absolute atomic E-state index is 0. The lowest BCUT2D eigenvalue weighted by Gasteiger charge is -2.42. The number of aromatic nitrogens is 2. The van der Waals surface area contributed by atoms with Crippen LogP contribution in [0, 0.1) is 23.7 Å². The van der Waals surface area contributed by atoms with E-state index in [4.69, 9.17) is 54.0 Å². The van der Waals surface area contributed by atoms with Gasteiger partial charge in [0, 0.05) is 135 Å². The standard InChI is InChI=1S/C47H59N3O10.C41H50N4O11.2C2H4O2.CH4/c1-6-12-42(54)48-40-27-36(19-21-41(40)59-47-32(3)31(2)43(58-33(4)51)44(60-47)46(56)57-5)30-49-24-11-14-35(29-49)18-20-38(52)16-9-7-8-13-34-22-25-50(26-23-34)45(55)37-15-10-17-39(53)28-37;42-18-15-34(48)43-32-22-28(12-14-33(32)55-41-37(51)35(49)36(50)38(56-41)40(53)54)25-44-19-5-7-27(24-44)11-13-30(46)9-3-1-2-6-26-16-20-45(21-17-26)39(52)29-8-4-10-31(47)23-29;2*1-2(3)4;/h10-11,14-15,17-21,24,27-29,31-32,34,43-44,47H,6-9,12-13,16,22-23,25-26,30H2,1-5H3,(H-,48,53,54);4-5,7-8,10-14,19,22-24,26,35-38,41,49-51H,1-3,6,9,15-18,20-21,25,42H2,(H2-,43,47,48,53,54);2*1H3,(H,3,4);1H4/b20-18+;13-11+;;;/t31-,32-,43+,44+,47-;35-,36-,37+,38-,41+;;;/m10.../s1. The number of aliphatic carboxylic acids is 3. The molecule has 32 heteroatoms. The number of nitrogens with one attached hydrogen (secondary N) is 2. The van der Waals surface area contributed by atoms with E-state index in [1.165, 1.54) is 32.2 Å². The molecule has 0 radical (unpaired) electrons. The second-order valence-electron chi connectivity index (χ2n) is 31.2. The molecule has 4 amide bonds. The number of aromatic hydroxyl groups is 2. The lowest BCUT2D eigenvalue weighted by Crippen LogP contribution is -2.61. The number of methoxy groups -OCH3 is 1. The number of unbranched alkanes of at least 4 members (excludes halogenated alkanes) is 4. The first-order chi connectivity index (χ1) is 59.2. The summed E-state index contributed by atoms with van der Waals surface area (Å²) < 4.78 is 37.7. The third-order valence-electron chi connectivity index (χ3n) is 21.4. The molecule has 0 unspecified atom stereocenters. The highest BCUT2D eigenvalue weighted by atomic mass is 16.7. The van der Waals surface area contributed by atoms with Gasteiger partial charge in [-0.3, -0.25) is 33.6 Å². The summed E-state index contributed by atoms with van der Waals surface area (Å²) in [5.74, 6) is -4.39. The van der Waals surface area contributed by atoms with Gasteiger partial charge in [0.1, 0.15) is 47.4 Å². The molecule has 0 aliphatic carbocycles. The first-order valence-electron chi connectivity index (χ1n) is 41.9. The number of ketones is 2. The number of esters is 2. The van der Waals surface area contributed by atoms with Crippen LogP contribution in [0.2, 0.25) is 0 Å². The summed E-state index contributed by atoms with van der Waals surface area (Å²) in [5.41, 5.74) is 10.5. The van der Waals surface area contributed by atoms with Crippen molar-refractivity contribution in [2.45, 2.75) is 220 Å². The number of phenols is 2. The number of carboxylic acids is 3. The molecule has 4 aliphatic heterocycles. The third-order valence-corrected chi connectivity index (χ3v) is 21.4. The van der Waals surface area contributed by atoms with Gasteiger partial charge in [-0.25, -0.2) is 18.7 Å². The first-order valence-corrected chi connectivity index (χ1v) is 41.9. The minimum atomic E-state index is -1.88. The molecule has 0 bridgehead atoms. The topological polar surface area (TPSA) is 475 Å². The molecule has 10 N–H and O–H groups in total. The molecule has 2 aromatic heterocycles. The number of ether oxygens (including phenoxy) is 6. The van der Waals surface area contributed by atoms with E-state index < -0.39 is 85.0 Å². The number of benzene rings is 4. The molecule has 4 aliphatic rings. The summed E-state index contributed by atoms with van der Waals surface area (Å²) in [7, 11) is 1.24. The number of likely N-dealkylation sites (tertiary alicyclic amines) is 2. The van der Waals surface area contributed by atoms with E-state index in [0.29, 0.717) is 86.3 Å². The van der Waals surface area contributed by atoms with Gasteiger partial charge in [-0.15, -0.1) is 0 Å². The Hall–Kier alpha value is -11.8. The van der Waals surface area contributed by atoms with Gasteiger partial charge in [0.05, 0.1) is 18.5 Å². The molecule has 6 heterocycles. The fourth-order valence-corrected chi connectivity index (χ4v) is 14.7. The number of carbonyl (C=O) groups is 11. The third kappa shape index (κ3) is 34.0. The quantitative estimate of drug-likeness (QED) is 0.00802. The first kappa shape index (κ1) is 102. The number of carboxylic acid groups (broad SMARTS) is 3. The second kappa shape index (κ2) is 52.1. The normalized spacial score (nSPS) is 20.0. The zero-order chi connectivity index (χ0) is 90.5. The van der Waals surface area contributed by atoms with Crippen molar-refractivity contribution in [1.29, 1.82) is 0 Å². The fourth-order valence-electron chi connectivity index (χ4n) is 14.7. The Balaban J connectivity index is 0.000000354. The SMILES string of the molecule is C.CC(=O)[O-].CC(=O)[O-].CCCC(=O)Nc1cc(C[n+]2cccc(/C=C/C(=O)CCCCCC3CCN(C(=O)c4cccc(O)c4)CC3)c2)ccc1O[C@@H]1O[C@H](C(=O)OC)[C@@H](OC(C)=O)[C@H](C)[C@H]1C.NCCC(=O)Nc1cc(C[n+]2cccc(/C=C/C(=O)CCCCCC3CCN(C(=O)c4cccc(O)c4)CC3)c2)ccc1O[C@@H]1O[C@H](C(=O)O)[C@@H](O)[C@H](O)[C@H]1O. The maximum Gasteiger partial charge on any atom is 0.339 e. The lowest BCUT2D eigenvalue weighted by atomic mass is 9.84. The number of hydrogen-bond donors (Lipinski definition) is 9. The molecule has 10 rings (SSSR count). The minimum Gasteiger partial charge on any atom is -0.550 e. The number of phenolic OH excluding ortho intramolecular Hbond substituents is 2. The number of rotatable bonds is 35. The van der Waals surface area contributed by atoms with Crippen molar-refractivity contribution < 1.29 is 131 Å². The predicted molar refractivity (Wildman–Crippen MR) is 456 cm³/mol. The smallest absolute Gasteiger partial charge is 0.339 e.